The maximum absolute atomic E-state index is 13.7. The Morgan fingerprint density at radius 1 is 1.09 bits per heavy atom. The van der Waals surface area contributed by atoms with Crippen LogP contribution in [0.15, 0.2) is 48.5 Å². The third kappa shape index (κ3) is 3.45. The minimum Gasteiger partial charge on any atom is -0.343 e. The lowest BCUT2D eigenvalue weighted by Crippen LogP contribution is -2.66. The zero-order chi connectivity index (χ0) is 22.6. The molecule has 2 aromatic rings. The molecule has 0 saturated carbocycles. The van der Waals surface area contributed by atoms with Gasteiger partial charge in [0.15, 0.2) is 0 Å². The monoisotopic (exact) mass is 453 g/mol. The number of imide groups is 1. The molecule has 4 atom stereocenters. The van der Waals surface area contributed by atoms with Crippen LogP contribution in [0.3, 0.4) is 0 Å². The summed E-state index contributed by atoms with van der Waals surface area (Å²) in [4.78, 5) is 34.4. The summed E-state index contributed by atoms with van der Waals surface area (Å²) in [6, 6.07) is 15.0. The van der Waals surface area contributed by atoms with Gasteiger partial charge in [0.05, 0.1) is 6.54 Å². The van der Waals surface area contributed by atoms with Gasteiger partial charge in [0.2, 0.25) is 0 Å². The van der Waals surface area contributed by atoms with Gasteiger partial charge < -0.3 is 9.80 Å². The highest BCUT2D eigenvalue weighted by atomic mass is 35.5. The van der Waals surface area contributed by atoms with Gasteiger partial charge in [-0.05, 0) is 42.2 Å². The van der Waals surface area contributed by atoms with E-state index in [9.17, 15) is 9.59 Å². The fraction of sp³-hybridized carbons (Fsp3) is 0.417. The number of halogens is 1. The third-order valence-electron chi connectivity index (χ3n) is 6.70. The minimum absolute atomic E-state index is 0.150. The summed E-state index contributed by atoms with van der Waals surface area (Å²) >= 11 is 6.32. The predicted octanol–water partition coefficient (Wildman–Crippen LogP) is 3.08. The minimum atomic E-state index is -0.444. The van der Waals surface area contributed by atoms with Crippen molar-refractivity contribution in [1.82, 2.24) is 20.0 Å². The van der Waals surface area contributed by atoms with Crippen molar-refractivity contribution in [3.63, 3.8) is 0 Å². The fourth-order valence-electron chi connectivity index (χ4n) is 5.17. The first-order valence-electron chi connectivity index (χ1n) is 11.0. The van der Waals surface area contributed by atoms with Crippen molar-refractivity contribution in [2.24, 2.45) is 5.92 Å². The van der Waals surface area contributed by atoms with Crippen molar-refractivity contribution in [2.75, 3.05) is 25.0 Å². The number of hydrogen-bond donors (Lipinski definition) is 1. The molecule has 8 heteroatoms. The lowest BCUT2D eigenvalue weighted by atomic mass is 10.0. The van der Waals surface area contributed by atoms with Crippen LogP contribution < -0.4 is 10.2 Å². The number of fused-ring (bicyclic) bond motifs is 3. The van der Waals surface area contributed by atoms with Crippen LogP contribution in [0, 0.1) is 12.8 Å². The van der Waals surface area contributed by atoms with Gasteiger partial charge in [-0.25, -0.2) is 4.79 Å². The standard InChI is InChI=1S/C24H28ClN5O2/c1-15-7-6-9-18(11-15)28-12-16(2)13-29-20-21(26-23(28)29)27(3)24(32)30(22(20)31)14-17-8-4-5-10-19(17)25/h4-11,16,20-21,23,26H,12-14H2,1-3H3. The molecule has 3 amide bonds. The largest absolute Gasteiger partial charge is 0.343 e. The zero-order valence-electron chi connectivity index (χ0n) is 18.5. The Morgan fingerprint density at radius 2 is 1.88 bits per heavy atom. The number of carbonyl (C=O) groups is 2. The quantitative estimate of drug-likeness (QED) is 0.774. The van der Waals surface area contributed by atoms with Crippen LogP contribution in [-0.4, -0.2) is 65.3 Å². The van der Waals surface area contributed by atoms with Gasteiger partial charge in [0, 0.05) is 30.8 Å². The molecular formula is C24H28ClN5O2. The normalized spacial score (nSPS) is 28.2. The molecule has 5 rings (SSSR count). The first-order chi connectivity index (χ1) is 15.3. The number of anilines is 1. The van der Waals surface area contributed by atoms with Gasteiger partial charge in [-0.15, -0.1) is 0 Å². The summed E-state index contributed by atoms with van der Waals surface area (Å²) < 4.78 is 0. The number of likely N-dealkylation sites (N-methyl/N-ethyl adjacent to an activating group) is 1. The summed E-state index contributed by atoms with van der Waals surface area (Å²) in [7, 11) is 1.76. The van der Waals surface area contributed by atoms with Crippen LogP contribution >= 0.6 is 11.6 Å². The van der Waals surface area contributed by atoms with Crippen LogP contribution in [0.1, 0.15) is 18.1 Å². The molecule has 0 spiro atoms. The SMILES string of the molecule is Cc1cccc(N2CC(C)CN3C4C(=O)N(Cc5ccccc5Cl)C(=O)N(C)C4NC23)c1. The Labute approximate surface area is 193 Å². The number of benzene rings is 2. The number of nitrogens with one attached hydrogen (secondary N) is 1. The topological polar surface area (TPSA) is 59.1 Å². The van der Waals surface area contributed by atoms with E-state index in [-0.39, 0.29) is 30.9 Å². The number of carbonyl (C=O) groups excluding carboxylic acids is 2. The van der Waals surface area contributed by atoms with Gasteiger partial charge in [-0.3, -0.25) is 19.9 Å². The van der Waals surface area contributed by atoms with E-state index in [1.807, 2.05) is 18.2 Å². The average Bonchev–Trinajstić information content (AvgIpc) is 3.15. The molecule has 0 aliphatic carbocycles. The van der Waals surface area contributed by atoms with E-state index < -0.39 is 6.04 Å². The van der Waals surface area contributed by atoms with E-state index in [0.717, 1.165) is 24.3 Å². The fourth-order valence-corrected chi connectivity index (χ4v) is 5.36. The highest BCUT2D eigenvalue weighted by molar-refractivity contribution is 6.31. The van der Waals surface area contributed by atoms with Gasteiger partial charge in [-0.1, -0.05) is 48.9 Å². The Hall–Kier alpha value is -2.61. The second-order valence-corrected chi connectivity index (χ2v) is 9.54. The van der Waals surface area contributed by atoms with E-state index in [1.54, 1.807) is 18.0 Å². The Kier molecular flexibility index (Phi) is 5.35. The van der Waals surface area contributed by atoms with Crippen molar-refractivity contribution < 1.29 is 9.59 Å². The van der Waals surface area contributed by atoms with Crippen LogP contribution in [0.25, 0.3) is 0 Å². The molecular weight excluding hydrogens is 426 g/mol. The molecule has 7 nitrogen and oxygen atoms in total. The number of rotatable bonds is 3. The van der Waals surface area contributed by atoms with Crippen LogP contribution in [-0.2, 0) is 11.3 Å². The summed E-state index contributed by atoms with van der Waals surface area (Å²) in [5.41, 5.74) is 3.07. The van der Waals surface area contributed by atoms with Gasteiger partial charge >= 0.3 is 6.03 Å². The van der Waals surface area contributed by atoms with Crippen LogP contribution in [0.5, 0.6) is 0 Å². The summed E-state index contributed by atoms with van der Waals surface area (Å²) in [6.45, 7) is 6.12. The predicted molar refractivity (Wildman–Crippen MR) is 124 cm³/mol. The van der Waals surface area contributed by atoms with E-state index in [2.05, 4.69) is 53.2 Å². The maximum Gasteiger partial charge on any atom is 0.328 e. The Balaban J connectivity index is 1.47. The summed E-state index contributed by atoms with van der Waals surface area (Å²) in [5, 5.41) is 4.13. The van der Waals surface area contributed by atoms with Crippen LogP contribution in [0.2, 0.25) is 5.02 Å². The molecule has 3 heterocycles. The molecule has 168 valence electrons. The average molecular weight is 454 g/mol. The van der Waals surface area contributed by atoms with E-state index >= 15 is 0 Å². The molecule has 3 fully saturated rings. The number of hydrogen-bond acceptors (Lipinski definition) is 5. The highest BCUT2D eigenvalue weighted by Gasteiger charge is 2.56. The molecule has 0 aromatic heterocycles. The number of urea groups is 1. The van der Waals surface area contributed by atoms with E-state index in [1.165, 1.54) is 10.5 Å². The molecule has 32 heavy (non-hydrogen) atoms. The molecule has 0 bridgehead atoms. The molecule has 3 aliphatic heterocycles. The smallest absolute Gasteiger partial charge is 0.328 e. The van der Waals surface area contributed by atoms with Crippen LogP contribution in [0.4, 0.5) is 10.5 Å². The van der Waals surface area contributed by atoms with Gasteiger partial charge in [-0.2, -0.15) is 0 Å². The van der Waals surface area contributed by atoms with Crippen molar-refractivity contribution in [2.45, 2.75) is 38.9 Å². The van der Waals surface area contributed by atoms with Gasteiger partial charge in [0.25, 0.3) is 5.91 Å². The van der Waals surface area contributed by atoms with E-state index in [4.69, 9.17) is 11.6 Å². The second-order valence-electron chi connectivity index (χ2n) is 9.13. The number of aryl methyl sites for hydroxylation is 1. The second kappa shape index (κ2) is 8.06. The molecule has 3 aliphatic rings. The number of nitrogens with zero attached hydrogens (tertiary/aromatic N) is 4. The Bertz CT molecular complexity index is 1060. The number of amides is 3. The summed E-state index contributed by atoms with van der Waals surface area (Å²) in [6.07, 6.45) is -0.525. The molecule has 2 aromatic carbocycles. The van der Waals surface area contributed by atoms with E-state index in [0.29, 0.717) is 10.9 Å². The maximum atomic E-state index is 13.7. The highest BCUT2D eigenvalue weighted by Crippen LogP contribution is 2.35. The van der Waals surface area contributed by atoms with Gasteiger partial charge in [0.1, 0.15) is 18.5 Å². The van der Waals surface area contributed by atoms with Crippen molar-refractivity contribution >= 4 is 29.2 Å². The zero-order valence-corrected chi connectivity index (χ0v) is 19.3. The molecule has 4 unspecified atom stereocenters. The first kappa shape index (κ1) is 21.2. The van der Waals surface area contributed by atoms with Crippen molar-refractivity contribution in [3.05, 3.63) is 64.7 Å². The lowest BCUT2D eigenvalue weighted by molar-refractivity contribution is -0.139. The Morgan fingerprint density at radius 3 is 2.62 bits per heavy atom. The molecule has 1 N–H and O–H groups in total. The lowest BCUT2D eigenvalue weighted by Gasteiger charge is -2.46. The van der Waals surface area contributed by atoms with Crippen molar-refractivity contribution in [3.8, 4) is 0 Å². The molecule has 0 radical (unpaired) electrons. The first-order valence-corrected chi connectivity index (χ1v) is 11.4. The summed E-state index contributed by atoms with van der Waals surface area (Å²) in [5.74, 6) is 0.200. The van der Waals surface area contributed by atoms with Crippen molar-refractivity contribution in [1.29, 1.82) is 0 Å². The molecule has 3 saturated heterocycles. The third-order valence-corrected chi connectivity index (χ3v) is 7.07.